The summed E-state index contributed by atoms with van der Waals surface area (Å²) >= 11 is 3.32. The normalized spacial score (nSPS) is 14.2. The molecule has 16 heavy (non-hydrogen) atoms. The molecule has 88 valence electrons. The molecule has 0 heterocycles. The van der Waals surface area contributed by atoms with Crippen molar-refractivity contribution in [1.29, 1.82) is 0 Å². The standard InChI is InChI=1S/C12H16BrNO2/c1-8(6-9(2)15)14-12(16)10-4-3-5-11(13)7-10/h3-5,7-9,15H,6H2,1-2H3,(H,14,16). The van der Waals surface area contributed by atoms with E-state index >= 15 is 0 Å². The predicted octanol–water partition coefficient (Wildman–Crippen LogP) is 2.34. The van der Waals surface area contributed by atoms with E-state index in [1.807, 2.05) is 19.1 Å². The molecule has 1 aromatic rings. The van der Waals surface area contributed by atoms with Gasteiger partial charge in [-0.2, -0.15) is 0 Å². The Hall–Kier alpha value is -0.870. The first-order valence-corrected chi connectivity index (χ1v) is 6.03. The van der Waals surface area contributed by atoms with Gasteiger partial charge in [0.05, 0.1) is 6.10 Å². The van der Waals surface area contributed by atoms with E-state index < -0.39 is 6.10 Å². The van der Waals surface area contributed by atoms with E-state index in [0.29, 0.717) is 12.0 Å². The van der Waals surface area contributed by atoms with Crippen molar-refractivity contribution < 1.29 is 9.90 Å². The molecule has 0 saturated carbocycles. The highest BCUT2D eigenvalue weighted by molar-refractivity contribution is 9.10. The molecule has 0 aliphatic carbocycles. The van der Waals surface area contributed by atoms with Crippen molar-refractivity contribution in [2.24, 2.45) is 0 Å². The smallest absolute Gasteiger partial charge is 0.251 e. The van der Waals surface area contributed by atoms with Crippen LogP contribution in [0.1, 0.15) is 30.6 Å². The lowest BCUT2D eigenvalue weighted by Crippen LogP contribution is -2.34. The van der Waals surface area contributed by atoms with Crippen LogP contribution in [0, 0.1) is 0 Å². The van der Waals surface area contributed by atoms with Gasteiger partial charge in [0.15, 0.2) is 0 Å². The molecule has 1 rings (SSSR count). The molecule has 0 fully saturated rings. The van der Waals surface area contributed by atoms with Gasteiger partial charge in [0.2, 0.25) is 0 Å². The highest BCUT2D eigenvalue weighted by Crippen LogP contribution is 2.11. The maximum Gasteiger partial charge on any atom is 0.251 e. The topological polar surface area (TPSA) is 49.3 Å². The third-order valence-electron chi connectivity index (χ3n) is 2.16. The van der Waals surface area contributed by atoms with E-state index in [2.05, 4.69) is 21.2 Å². The lowest BCUT2D eigenvalue weighted by Gasteiger charge is -2.15. The Kier molecular flexibility index (Phi) is 4.96. The fraction of sp³-hybridized carbons (Fsp3) is 0.417. The van der Waals surface area contributed by atoms with Crippen molar-refractivity contribution in [3.05, 3.63) is 34.3 Å². The average molecular weight is 286 g/mol. The second-order valence-corrected chi connectivity index (χ2v) is 4.89. The minimum absolute atomic E-state index is 0.0357. The van der Waals surface area contributed by atoms with Crippen LogP contribution < -0.4 is 5.32 Å². The summed E-state index contributed by atoms with van der Waals surface area (Å²) in [7, 11) is 0. The number of halogens is 1. The van der Waals surface area contributed by atoms with E-state index in [1.54, 1.807) is 19.1 Å². The molecule has 0 saturated heterocycles. The van der Waals surface area contributed by atoms with Gasteiger partial charge in [-0.1, -0.05) is 22.0 Å². The molecule has 0 aromatic heterocycles. The summed E-state index contributed by atoms with van der Waals surface area (Å²) in [6.45, 7) is 3.59. The van der Waals surface area contributed by atoms with Crippen LogP contribution in [0.2, 0.25) is 0 Å². The summed E-state index contributed by atoms with van der Waals surface area (Å²) in [5.74, 6) is -0.116. The van der Waals surface area contributed by atoms with Crippen LogP contribution in [0.15, 0.2) is 28.7 Å². The van der Waals surface area contributed by atoms with Crippen LogP contribution in [0.3, 0.4) is 0 Å². The van der Waals surface area contributed by atoms with E-state index in [9.17, 15) is 9.90 Å². The van der Waals surface area contributed by atoms with Gasteiger partial charge in [-0.25, -0.2) is 0 Å². The van der Waals surface area contributed by atoms with Crippen LogP contribution in [0.4, 0.5) is 0 Å². The van der Waals surface area contributed by atoms with Crippen LogP contribution in [-0.2, 0) is 0 Å². The molecule has 1 aromatic carbocycles. The van der Waals surface area contributed by atoms with Gasteiger partial charge >= 0.3 is 0 Å². The van der Waals surface area contributed by atoms with Gasteiger partial charge in [-0.15, -0.1) is 0 Å². The van der Waals surface area contributed by atoms with E-state index in [4.69, 9.17) is 0 Å². The monoisotopic (exact) mass is 285 g/mol. The van der Waals surface area contributed by atoms with Gasteiger partial charge in [-0.05, 0) is 38.5 Å². The number of hydrogen-bond acceptors (Lipinski definition) is 2. The zero-order valence-corrected chi connectivity index (χ0v) is 11.0. The Morgan fingerprint density at radius 1 is 1.50 bits per heavy atom. The Balaban J connectivity index is 2.59. The predicted molar refractivity (Wildman–Crippen MR) is 67.4 cm³/mol. The molecular formula is C12H16BrNO2. The van der Waals surface area contributed by atoms with Gasteiger partial charge in [0.1, 0.15) is 0 Å². The summed E-state index contributed by atoms with van der Waals surface area (Å²) < 4.78 is 0.878. The Labute approximate surface area is 104 Å². The molecule has 0 radical (unpaired) electrons. The minimum Gasteiger partial charge on any atom is -0.393 e. The third-order valence-corrected chi connectivity index (χ3v) is 2.65. The quantitative estimate of drug-likeness (QED) is 0.892. The molecular weight excluding hydrogens is 270 g/mol. The van der Waals surface area contributed by atoms with Crippen LogP contribution in [0.5, 0.6) is 0 Å². The Morgan fingerprint density at radius 3 is 2.75 bits per heavy atom. The number of aliphatic hydroxyl groups excluding tert-OH is 1. The highest BCUT2D eigenvalue weighted by atomic mass is 79.9. The van der Waals surface area contributed by atoms with Crippen molar-refractivity contribution in [3.63, 3.8) is 0 Å². The zero-order chi connectivity index (χ0) is 12.1. The number of rotatable bonds is 4. The maximum absolute atomic E-state index is 11.8. The number of carbonyl (C=O) groups is 1. The van der Waals surface area contributed by atoms with Crippen molar-refractivity contribution >= 4 is 21.8 Å². The Morgan fingerprint density at radius 2 is 2.19 bits per heavy atom. The van der Waals surface area contributed by atoms with Gasteiger partial charge in [-0.3, -0.25) is 4.79 Å². The lowest BCUT2D eigenvalue weighted by atomic mass is 10.1. The largest absolute Gasteiger partial charge is 0.393 e. The first-order chi connectivity index (χ1) is 7.49. The number of amides is 1. The first kappa shape index (κ1) is 13.2. The van der Waals surface area contributed by atoms with E-state index in [-0.39, 0.29) is 11.9 Å². The number of hydrogen-bond donors (Lipinski definition) is 2. The van der Waals surface area contributed by atoms with Crippen molar-refractivity contribution in [2.45, 2.75) is 32.4 Å². The summed E-state index contributed by atoms with van der Waals surface area (Å²) in [5.41, 5.74) is 0.617. The fourth-order valence-electron chi connectivity index (χ4n) is 1.51. The maximum atomic E-state index is 11.8. The van der Waals surface area contributed by atoms with Crippen molar-refractivity contribution in [3.8, 4) is 0 Å². The molecule has 4 heteroatoms. The summed E-state index contributed by atoms with van der Waals surface area (Å²) in [5, 5.41) is 12.0. The number of benzene rings is 1. The number of aliphatic hydroxyl groups is 1. The van der Waals surface area contributed by atoms with Crippen LogP contribution in [0.25, 0.3) is 0 Å². The molecule has 0 bridgehead atoms. The summed E-state index contributed by atoms with van der Waals surface area (Å²) in [6, 6.07) is 7.18. The third kappa shape index (κ3) is 4.33. The van der Waals surface area contributed by atoms with Gasteiger partial charge < -0.3 is 10.4 Å². The molecule has 0 aliphatic rings. The molecule has 2 atom stereocenters. The molecule has 3 nitrogen and oxygen atoms in total. The molecule has 1 amide bonds. The first-order valence-electron chi connectivity index (χ1n) is 5.23. The average Bonchev–Trinajstić information content (AvgIpc) is 2.16. The van der Waals surface area contributed by atoms with Crippen molar-refractivity contribution in [1.82, 2.24) is 5.32 Å². The number of carbonyl (C=O) groups excluding carboxylic acids is 1. The molecule has 0 spiro atoms. The second kappa shape index (κ2) is 6.01. The van der Waals surface area contributed by atoms with Gasteiger partial charge in [0.25, 0.3) is 5.91 Å². The Bertz CT molecular complexity index is 366. The summed E-state index contributed by atoms with van der Waals surface area (Å²) in [4.78, 5) is 11.8. The minimum atomic E-state index is -0.405. The fourth-order valence-corrected chi connectivity index (χ4v) is 1.91. The molecule has 2 unspecified atom stereocenters. The SMILES string of the molecule is CC(O)CC(C)NC(=O)c1cccc(Br)c1. The summed E-state index contributed by atoms with van der Waals surface area (Å²) in [6.07, 6.45) is 0.150. The molecule has 2 N–H and O–H groups in total. The number of nitrogens with one attached hydrogen (secondary N) is 1. The van der Waals surface area contributed by atoms with Crippen molar-refractivity contribution in [2.75, 3.05) is 0 Å². The van der Waals surface area contributed by atoms with E-state index in [0.717, 1.165) is 4.47 Å². The van der Waals surface area contributed by atoms with Crippen LogP contribution in [-0.4, -0.2) is 23.2 Å². The zero-order valence-electron chi connectivity index (χ0n) is 9.40. The molecule has 0 aliphatic heterocycles. The van der Waals surface area contributed by atoms with Crippen LogP contribution >= 0.6 is 15.9 Å². The second-order valence-electron chi connectivity index (χ2n) is 3.97. The highest BCUT2D eigenvalue weighted by Gasteiger charge is 2.11. The van der Waals surface area contributed by atoms with E-state index in [1.165, 1.54) is 0 Å². The van der Waals surface area contributed by atoms with Gasteiger partial charge in [0, 0.05) is 16.1 Å². The lowest BCUT2D eigenvalue weighted by molar-refractivity contribution is 0.0923.